The van der Waals surface area contributed by atoms with Crippen LogP contribution in [0.4, 0.5) is 5.69 Å². The number of hydrogen-bond donors (Lipinski definition) is 1. The van der Waals surface area contributed by atoms with E-state index in [9.17, 15) is 9.90 Å². The number of rotatable bonds is 2. The fourth-order valence-corrected chi connectivity index (χ4v) is 8.00. The zero-order chi connectivity index (χ0) is 29.5. The normalized spacial score (nSPS) is 28.8. The van der Waals surface area contributed by atoms with E-state index in [0.717, 1.165) is 44.1 Å². The minimum Gasteiger partial charge on any atom is -0.393 e. The van der Waals surface area contributed by atoms with E-state index in [0.29, 0.717) is 30.0 Å². The van der Waals surface area contributed by atoms with Gasteiger partial charge in [0.05, 0.1) is 6.10 Å². The highest BCUT2D eigenvalue weighted by Crippen LogP contribution is 2.63. The van der Waals surface area contributed by atoms with E-state index in [1.54, 1.807) is 5.57 Å². The van der Waals surface area contributed by atoms with Gasteiger partial charge in [-0.25, -0.2) is 0 Å². The molecule has 2 aromatic carbocycles. The Labute approximate surface area is 247 Å². The summed E-state index contributed by atoms with van der Waals surface area (Å²) < 4.78 is 0. The number of carbonyl (C=O) groups excluding carboxylic acids is 1. The van der Waals surface area contributed by atoms with Gasteiger partial charge in [0.15, 0.2) is 5.78 Å². The summed E-state index contributed by atoms with van der Waals surface area (Å²) >= 11 is 0. The molecular weight excluding hydrogens is 502 g/mol. The number of ketones is 1. The highest BCUT2D eigenvalue weighted by Gasteiger charge is 2.56. The van der Waals surface area contributed by atoms with Gasteiger partial charge in [-0.1, -0.05) is 63.5 Å². The first-order valence-corrected chi connectivity index (χ1v) is 15.4. The van der Waals surface area contributed by atoms with Crippen LogP contribution >= 0.6 is 0 Å². The Bertz CT molecular complexity index is 1380. The maximum atomic E-state index is 12.1. The number of allylic oxidation sites excluding steroid dienone is 4. The molecule has 1 N–H and O–H groups in total. The number of aliphatic hydroxyl groups is 1. The van der Waals surface area contributed by atoms with E-state index < -0.39 is 0 Å². The van der Waals surface area contributed by atoms with E-state index in [2.05, 4.69) is 89.0 Å². The minimum absolute atomic E-state index is 0.00527. The summed E-state index contributed by atoms with van der Waals surface area (Å²) in [5.41, 5.74) is 9.50. The van der Waals surface area contributed by atoms with E-state index in [1.165, 1.54) is 28.0 Å². The Morgan fingerprint density at radius 2 is 1.63 bits per heavy atom. The molecule has 2 saturated carbocycles. The fraction of sp³-hybridized carbons (Fsp3) is 0.500. The molecule has 6 rings (SSSR count). The lowest BCUT2D eigenvalue weighted by Gasteiger charge is -2.52. The highest BCUT2D eigenvalue weighted by atomic mass is 16.3. The molecule has 0 aliphatic heterocycles. The molecule has 0 heterocycles. The van der Waals surface area contributed by atoms with Crippen molar-refractivity contribution in [3.8, 4) is 12.3 Å². The average molecular weight is 550 g/mol. The molecule has 0 radical (unpaired) electrons. The molecule has 0 spiro atoms. The Balaban J connectivity index is 0.000000237. The van der Waals surface area contributed by atoms with Gasteiger partial charge in [0.1, 0.15) is 0 Å². The number of anilines is 1. The van der Waals surface area contributed by atoms with Gasteiger partial charge >= 0.3 is 0 Å². The third kappa shape index (κ3) is 5.69. The summed E-state index contributed by atoms with van der Waals surface area (Å²) in [5, 5.41) is 10.9. The van der Waals surface area contributed by atoms with Gasteiger partial charge in [-0.2, -0.15) is 0 Å². The molecule has 4 aliphatic carbocycles. The van der Waals surface area contributed by atoms with Crippen LogP contribution < -0.4 is 4.90 Å². The monoisotopic (exact) mass is 549 g/mol. The molecule has 3 heteroatoms. The number of hydrogen-bond acceptors (Lipinski definition) is 3. The van der Waals surface area contributed by atoms with Gasteiger partial charge in [-0.15, -0.1) is 6.42 Å². The summed E-state index contributed by atoms with van der Waals surface area (Å²) in [6, 6.07) is 17.2. The van der Waals surface area contributed by atoms with Gasteiger partial charge in [0.2, 0.25) is 0 Å². The van der Waals surface area contributed by atoms with Crippen molar-refractivity contribution in [2.24, 2.45) is 17.3 Å². The fourth-order valence-electron chi connectivity index (χ4n) is 8.00. The van der Waals surface area contributed by atoms with Crippen molar-refractivity contribution in [3.63, 3.8) is 0 Å². The zero-order valence-electron chi connectivity index (χ0n) is 25.8. The van der Waals surface area contributed by atoms with Gasteiger partial charge in [0, 0.05) is 37.7 Å². The van der Waals surface area contributed by atoms with E-state index in [1.807, 2.05) is 18.2 Å². The van der Waals surface area contributed by atoms with Gasteiger partial charge in [0.25, 0.3) is 0 Å². The maximum Gasteiger partial charge on any atom is 0.156 e. The second-order valence-electron chi connectivity index (χ2n) is 14.1. The Kier molecular flexibility index (Phi) is 8.10. The zero-order valence-corrected chi connectivity index (χ0v) is 25.8. The van der Waals surface area contributed by atoms with E-state index in [-0.39, 0.29) is 16.9 Å². The Morgan fingerprint density at radius 3 is 2.24 bits per heavy atom. The van der Waals surface area contributed by atoms with Crippen LogP contribution in [0.1, 0.15) is 95.2 Å². The van der Waals surface area contributed by atoms with Crippen LogP contribution in [-0.4, -0.2) is 31.1 Å². The Morgan fingerprint density at radius 1 is 0.951 bits per heavy atom. The number of aliphatic hydroxyl groups excluding tert-OH is 1. The second-order valence-corrected chi connectivity index (χ2v) is 14.1. The molecule has 0 aromatic heterocycles. The standard InChI is InChI=1S/C26H33NO2.C12H14/c1-26-15-22(16-4-7-18(8-5-16)27(2)3)25-20-11-9-19(28)14-17(20)6-10-21(25)23(26)12-13-24(26)29;1-5-10-6-8-11(9-7-10)12(2,3)4/h4-5,7-8,14,21-24,29H,6,9-13,15H2,1-3H3;1,6-9H,2-4H3. The summed E-state index contributed by atoms with van der Waals surface area (Å²) in [7, 11) is 4.15. The lowest BCUT2D eigenvalue weighted by atomic mass is 9.53. The molecule has 4 aliphatic rings. The van der Waals surface area contributed by atoms with Crippen LogP contribution in [-0.2, 0) is 10.2 Å². The van der Waals surface area contributed by atoms with Gasteiger partial charge in [-0.05, 0) is 114 Å². The van der Waals surface area contributed by atoms with Crippen LogP contribution in [0.3, 0.4) is 0 Å². The third-order valence-electron chi connectivity index (χ3n) is 10.4. The van der Waals surface area contributed by atoms with Gasteiger partial charge in [-0.3, -0.25) is 4.79 Å². The van der Waals surface area contributed by atoms with E-state index >= 15 is 0 Å². The number of benzene rings is 2. The molecule has 5 unspecified atom stereocenters. The van der Waals surface area contributed by atoms with Crippen molar-refractivity contribution >= 4 is 11.5 Å². The van der Waals surface area contributed by atoms with Crippen LogP contribution in [0.25, 0.3) is 0 Å². The van der Waals surface area contributed by atoms with Crippen LogP contribution in [0, 0.1) is 29.6 Å². The SMILES string of the molecule is C#Cc1ccc(C(C)(C)C)cc1.CN(C)c1ccc(C2CC3(C)C(O)CCC3C3CCC4=CC(=O)CCC4=C23)cc1. The lowest BCUT2D eigenvalue weighted by Crippen LogP contribution is -2.45. The average Bonchev–Trinajstić information content (AvgIpc) is 3.26. The molecule has 41 heavy (non-hydrogen) atoms. The number of fused-ring (bicyclic) bond motifs is 4. The molecule has 0 bridgehead atoms. The molecule has 3 nitrogen and oxygen atoms in total. The van der Waals surface area contributed by atoms with Crippen molar-refractivity contribution < 1.29 is 9.90 Å². The smallest absolute Gasteiger partial charge is 0.156 e. The summed E-state index contributed by atoms with van der Waals surface area (Å²) in [4.78, 5) is 14.2. The summed E-state index contributed by atoms with van der Waals surface area (Å²) in [6.07, 6.45) is 13.9. The van der Waals surface area contributed by atoms with Crippen LogP contribution in [0.2, 0.25) is 0 Å². The van der Waals surface area contributed by atoms with Crippen molar-refractivity contribution in [3.05, 3.63) is 88.0 Å². The molecule has 0 amide bonds. The topological polar surface area (TPSA) is 40.5 Å². The van der Waals surface area contributed by atoms with E-state index in [4.69, 9.17) is 6.42 Å². The first-order chi connectivity index (χ1) is 19.4. The number of carbonyl (C=O) groups is 1. The van der Waals surface area contributed by atoms with Crippen molar-refractivity contribution in [2.45, 2.75) is 90.1 Å². The van der Waals surface area contributed by atoms with Crippen molar-refractivity contribution in [1.82, 2.24) is 0 Å². The van der Waals surface area contributed by atoms with Crippen molar-refractivity contribution in [1.29, 1.82) is 0 Å². The second kappa shape index (κ2) is 11.3. The summed E-state index contributed by atoms with van der Waals surface area (Å²) in [5.74, 6) is 4.40. The first-order valence-electron chi connectivity index (χ1n) is 15.4. The molecule has 0 saturated heterocycles. The lowest BCUT2D eigenvalue weighted by molar-refractivity contribution is -0.114. The van der Waals surface area contributed by atoms with Crippen molar-refractivity contribution in [2.75, 3.05) is 19.0 Å². The summed E-state index contributed by atoms with van der Waals surface area (Å²) in [6.45, 7) is 8.92. The van der Waals surface area contributed by atoms with Gasteiger partial charge < -0.3 is 10.0 Å². The third-order valence-corrected chi connectivity index (χ3v) is 10.4. The number of terminal acetylenes is 1. The van der Waals surface area contributed by atoms with Crippen LogP contribution in [0.5, 0.6) is 0 Å². The highest BCUT2D eigenvalue weighted by molar-refractivity contribution is 5.93. The first kappa shape index (κ1) is 29.4. The molecule has 216 valence electrons. The quantitative estimate of drug-likeness (QED) is 0.386. The largest absolute Gasteiger partial charge is 0.393 e. The predicted octanol–water partition coefficient (Wildman–Crippen LogP) is 7.98. The minimum atomic E-state index is -0.188. The maximum absolute atomic E-state index is 12.1. The van der Waals surface area contributed by atoms with Crippen LogP contribution in [0.15, 0.2) is 71.3 Å². The Hall–Kier alpha value is -3.09. The molecule has 5 atom stereocenters. The predicted molar refractivity (Wildman–Crippen MR) is 170 cm³/mol. The molecule has 2 fully saturated rings. The molecular formula is C38H47NO2. The number of nitrogens with zero attached hydrogens (tertiary/aromatic N) is 1. The molecule has 2 aromatic rings.